The predicted octanol–water partition coefficient (Wildman–Crippen LogP) is 2.30. The second-order valence-electron chi connectivity index (χ2n) is 5.14. The van der Waals surface area contributed by atoms with Crippen LogP contribution in [0.4, 0.5) is 24.5 Å². The molecule has 0 atom stereocenters. The number of aromatic nitrogens is 1. The first-order valence-corrected chi connectivity index (χ1v) is 5.90. The molecule has 106 valence electrons. The van der Waals surface area contributed by atoms with Gasteiger partial charge in [0, 0.05) is 6.54 Å². The summed E-state index contributed by atoms with van der Waals surface area (Å²) in [5, 5.41) is 0. The van der Waals surface area contributed by atoms with Gasteiger partial charge < -0.3 is 15.4 Å². The molecule has 1 fully saturated rings. The number of ether oxygens (including phenoxy) is 1. The SMILES string of the molecule is CC1(C)COCCN1c1cc(C(F)(F)F)ncc1N. The maximum Gasteiger partial charge on any atom is 0.433 e. The Bertz CT molecular complexity index is 474. The van der Waals surface area contributed by atoms with E-state index in [1.165, 1.54) is 0 Å². The van der Waals surface area contributed by atoms with Crippen molar-refractivity contribution in [3.8, 4) is 0 Å². The van der Waals surface area contributed by atoms with Crippen LogP contribution in [0.15, 0.2) is 12.3 Å². The van der Waals surface area contributed by atoms with E-state index < -0.39 is 17.4 Å². The van der Waals surface area contributed by atoms with Gasteiger partial charge >= 0.3 is 6.18 Å². The highest BCUT2D eigenvalue weighted by Crippen LogP contribution is 2.36. The normalized spacial score (nSPS) is 19.5. The summed E-state index contributed by atoms with van der Waals surface area (Å²) >= 11 is 0. The fraction of sp³-hybridized carbons (Fsp3) is 0.583. The summed E-state index contributed by atoms with van der Waals surface area (Å²) in [7, 11) is 0. The van der Waals surface area contributed by atoms with Gasteiger partial charge in [-0.15, -0.1) is 0 Å². The number of rotatable bonds is 1. The van der Waals surface area contributed by atoms with Crippen molar-refractivity contribution in [1.82, 2.24) is 4.98 Å². The highest BCUT2D eigenvalue weighted by atomic mass is 19.4. The van der Waals surface area contributed by atoms with E-state index in [9.17, 15) is 13.2 Å². The molecule has 0 aromatic carbocycles. The second-order valence-corrected chi connectivity index (χ2v) is 5.14. The van der Waals surface area contributed by atoms with Gasteiger partial charge in [0.1, 0.15) is 5.69 Å². The van der Waals surface area contributed by atoms with Crippen LogP contribution >= 0.6 is 0 Å². The standard InChI is InChI=1S/C12H16F3N3O/c1-11(2)7-19-4-3-18(11)9-5-10(12(13,14)15)17-6-8(9)16/h5-6H,3-4,7,16H2,1-2H3. The maximum absolute atomic E-state index is 12.7. The number of halogens is 3. The lowest BCUT2D eigenvalue weighted by molar-refractivity contribution is -0.141. The summed E-state index contributed by atoms with van der Waals surface area (Å²) in [5.41, 5.74) is 5.03. The van der Waals surface area contributed by atoms with Gasteiger partial charge in [0.15, 0.2) is 0 Å². The zero-order valence-corrected chi connectivity index (χ0v) is 10.8. The molecule has 7 heteroatoms. The molecular formula is C12H16F3N3O. The van der Waals surface area contributed by atoms with Crippen molar-refractivity contribution in [1.29, 1.82) is 0 Å². The Labute approximate surface area is 109 Å². The molecule has 1 saturated heterocycles. The number of nitrogens with two attached hydrogens (primary N) is 1. The Morgan fingerprint density at radius 3 is 2.68 bits per heavy atom. The third kappa shape index (κ3) is 2.75. The smallest absolute Gasteiger partial charge is 0.396 e. The second kappa shape index (κ2) is 4.56. The molecule has 2 rings (SSSR count). The third-order valence-corrected chi connectivity index (χ3v) is 3.14. The number of hydrogen-bond donors (Lipinski definition) is 1. The molecule has 1 aromatic heterocycles. The molecule has 2 N–H and O–H groups in total. The molecular weight excluding hydrogens is 259 g/mol. The van der Waals surface area contributed by atoms with Crippen LogP contribution < -0.4 is 10.6 Å². The lowest BCUT2D eigenvalue weighted by Crippen LogP contribution is -2.53. The molecule has 0 radical (unpaired) electrons. The molecule has 0 aliphatic carbocycles. The third-order valence-electron chi connectivity index (χ3n) is 3.14. The van der Waals surface area contributed by atoms with Crippen molar-refractivity contribution in [2.24, 2.45) is 0 Å². The van der Waals surface area contributed by atoms with Gasteiger partial charge in [0.2, 0.25) is 0 Å². The lowest BCUT2D eigenvalue weighted by Gasteiger charge is -2.44. The molecule has 1 aliphatic heterocycles. The molecule has 1 aliphatic rings. The molecule has 19 heavy (non-hydrogen) atoms. The van der Waals surface area contributed by atoms with Gasteiger partial charge in [-0.3, -0.25) is 0 Å². The number of anilines is 2. The first-order chi connectivity index (χ1) is 8.72. The molecule has 0 spiro atoms. The fourth-order valence-electron chi connectivity index (χ4n) is 2.15. The molecule has 0 unspecified atom stereocenters. The van der Waals surface area contributed by atoms with E-state index >= 15 is 0 Å². The van der Waals surface area contributed by atoms with Gasteiger partial charge in [-0.05, 0) is 19.9 Å². The van der Waals surface area contributed by atoms with Gasteiger partial charge in [-0.1, -0.05) is 0 Å². The summed E-state index contributed by atoms with van der Waals surface area (Å²) in [6.45, 7) is 5.21. The Balaban J connectivity index is 2.43. The highest BCUT2D eigenvalue weighted by Gasteiger charge is 2.36. The van der Waals surface area contributed by atoms with Crippen LogP contribution in [-0.2, 0) is 10.9 Å². The Kier molecular flexibility index (Phi) is 3.34. The minimum atomic E-state index is -4.47. The quantitative estimate of drug-likeness (QED) is 0.854. The Hall–Kier alpha value is -1.50. The van der Waals surface area contributed by atoms with Crippen LogP contribution in [0.5, 0.6) is 0 Å². The van der Waals surface area contributed by atoms with Crippen molar-refractivity contribution in [3.63, 3.8) is 0 Å². The van der Waals surface area contributed by atoms with Crippen LogP contribution in [0.3, 0.4) is 0 Å². The van der Waals surface area contributed by atoms with Gasteiger partial charge in [-0.25, -0.2) is 4.98 Å². The predicted molar refractivity (Wildman–Crippen MR) is 65.9 cm³/mol. The average Bonchev–Trinajstić information content (AvgIpc) is 2.28. The topological polar surface area (TPSA) is 51.4 Å². The fourth-order valence-corrected chi connectivity index (χ4v) is 2.15. The molecule has 0 bridgehead atoms. The number of pyridine rings is 1. The van der Waals surface area contributed by atoms with E-state index in [1.807, 2.05) is 18.7 Å². The van der Waals surface area contributed by atoms with Gasteiger partial charge in [0.25, 0.3) is 0 Å². The van der Waals surface area contributed by atoms with E-state index in [-0.39, 0.29) is 5.69 Å². The first kappa shape index (κ1) is 13.9. The summed E-state index contributed by atoms with van der Waals surface area (Å²) in [6, 6.07) is 1.00. The summed E-state index contributed by atoms with van der Waals surface area (Å²) in [5.74, 6) is 0. The number of nitrogens with zero attached hydrogens (tertiary/aromatic N) is 2. The zero-order chi connectivity index (χ0) is 14.3. The summed E-state index contributed by atoms with van der Waals surface area (Å²) < 4.78 is 43.5. The number of hydrogen-bond acceptors (Lipinski definition) is 4. The molecule has 1 aromatic rings. The van der Waals surface area contributed by atoms with Crippen LogP contribution in [-0.4, -0.2) is 30.3 Å². The molecule has 2 heterocycles. The van der Waals surface area contributed by atoms with Crippen LogP contribution in [0.25, 0.3) is 0 Å². The minimum Gasteiger partial charge on any atom is -0.396 e. The van der Waals surface area contributed by atoms with E-state index in [0.29, 0.717) is 25.4 Å². The van der Waals surface area contributed by atoms with Gasteiger partial charge in [-0.2, -0.15) is 13.2 Å². The van der Waals surface area contributed by atoms with Crippen LogP contribution in [0.1, 0.15) is 19.5 Å². The van der Waals surface area contributed by atoms with Crippen LogP contribution in [0, 0.1) is 0 Å². The van der Waals surface area contributed by atoms with E-state index in [2.05, 4.69) is 4.98 Å². The lowest BCUT2D eigenvalue weighted by atomic mass is 10.0. The Morgan fingerprint density at radius 1 is 1.42 bits per heavy atom. The van der Waals surface area contributed by atoms with E-state index in [4.69, 9.17) is 10.5 Å². The van der Waals surface area contributed by atoms with Crippen molar-refractivity contribution in [2.75, 3.05) is 30.4 Å². The molecule has 0 saturated carbocycles. The minimum absolute atomic E-state index is 0.239. The number of alkyl halides is 3. The summed E-state index contributed by atoms with van der Waals surface area (Å²) in [4.78, 5) is 5.18. The van der Waals surface area contributed by atoms with Gasteiger partial charge in [0.05, 0.1) is 36.3 Å². The molecule has 4 nitrogen and oxygen atoms in total. The van der Waals surface area contributed by atoms with Crippen LogP contribution in [0.2, 0.25) is 0 Å². The number of nitrogen functional groups attached to an aromatic ring is 1. The highest BCUT2D eigenvalue weighted by molar-refractivity contribution is 5.68. The van der Waals surface area contributed by atoms with Crippen molar-refractivity contribution >= 4 is 11.4 Å². The number of morpholine rings is 1. The first-order valence-electron chi connectivity index (χ1n) is 5.90. The van der Waals surface area contributed by atoms with Crippen molar-refractivity contribution < 1.29 is 17.9 Å². The van der Waals surface area contributed by atoms with E-state index in [1.54, 1.807) is 0 Å². The Morgan fingerprint density at radius 2 is 2.11 bits per heavy atom. The average molecular weight is 275 g/mol. The summed E-state index contributed by atoms with van der Waals surface area (Å²) in [6.07, 6.45) is -3.41. The zero-order valence-electron chi connectivity index (χ0n) is 10.8. The maximum atomic E-state index is 12.7. The monoisotopic (exact) mass is 275 g/mol. The van der Waals surface area contributed by atoms with Crippen molar-refractivity contribution in [3.05, 3.63) is 18.0 Å². The molecule has 0 amide bonds. The largest absolute Gasteiger partial charge is 0.433 e. The van der Waals surface area contributed by atoms with Crippen molar-refractivity contribution in [2.45, 2.75) is 25.6 Å². The van der Waals surface area contributed by atoms with E-state index in [0.717, 1.165) is 12.3 Å².